The average Bonchev–Trinajstić information content (AvgIpc) is 2.78. The summed E-state index contributed by atoms with van der Waals surface area (Å²) in [5.41, 5.74) is 0.857. The van der Waals surface area contributed by atoms with Crippen LogP contribution in [0.25, 0.3) is 6.08 Å². The van der Waals surface area contributed by atoms with Gasteiger partial charge >= 0.3 is 5.97 Å². The first-order valence-electron chi connectivity index (χ1n) is 6.22. The molecule has 1 heterocycles. The van der Waals surface area contributed by atoms with Gasteiger partial charge in [0.1, 0.15) is 10.1 Å². The van der Waals surface area contributed by atoms with E-state index in [1.807, 2.05) is 0 Å². The van der Waals surface area contributed by atoms with Crippen molar-refractivity contribution in [1.82, 2.24) is 5.32 Å². The van der Waals surface area contributed by atoms with Crippen LogP contribution in [0.5, 0.6) is 5.75 Å². The summed E-state index contributed by atoms with van der Waals surface area (Å²) < 4.78 is 10.5. The van der Waals surface area contributed by atoms with Gasteiger partial charge in [0.2, 0.25) is 6.79 Å². The number of hydrogen-bond donors (Lipinski definition) is 1. The fourth-order valence-corrected chi connectivity index (χ4v) is 2.54. The predicted octanol–water partition coefficient (Wildman–Crippen LogP) is 2.46. The molecule has 1 amide bonds. The van der Waals surface area contributed by atoms with Crippen LogP contribution in [0.2, 0.25) is 0 Å². The molecule has 110 valence electrons. The van der Waals surface area contributed by atoms with E-state index < -0.39 is 0 Å². The Kier molecular flexibility index (Phi) is 5.35. The first-order valence-corrected chi connectivity index (χ1v) is 7.44. The van der Waals surface area contributed by atoms with E-state index in [1.165, 1.54) is 11.8 Å². The molecule has 1 fully saturated rings. The van der Waals surface area contributed by atoms with Gasteiger partial charge in [-0.15, -0.1) is 0 Å². The van der Waals surface area contributed by atoms with Crippen molar-refractivity contribution in [2.24, 2.45) is 0 Å². The van der Waals surface area contributed by atoms with E-state index in [4.69, 9.17) is 21.7 Å². The number of esters is 1. The Morgan fingerprint density at radius 1 is 1.38 bits per heavy atom. The summed E-state index contributed by atoms with van der Waals surface area (Å²) in [7, 11) is 0. The number of amides is 1. The quantitative estimate of drug-likeness (QED) is 0.389. The number of thioether (sulfide) groups is 1. The van der Waals surface area contributed by atoms with E-state index >= 15 is 0 Å². The molecule has 0 bridgehead atoms. The number of ether oxygens (including phenoxy) is 2. The van der Waals surface area contributed by atoms with E-state index in [-0.39, 0.29) is 18.7 Å². The maximum absolute atomic E-state index is 11.5. The second kappa shape index (κ2) is 7.24. The van der Waals surface area contributed by atoms with Gasteiger partial charge in [0.05, 0.1) is 4.91 Å². The molecule has 21 heavy (non-hydrogen) atoms. The van der Waals surface area contributed by atoms with Crippen molar-refractivity contribution in [2.75, 3.05) is 6.79 Å². The summed E-state index contributed by atoms with van der Waals surface area (Å²) in [4.78, 5) is 23.0. The topological polar surface area (TPSA) is 64.6 Å². The third-order valence-electron chi connectivity index (χ3n) is 2.55. The minimum atomic E-state index is -0.309. The largest absolute Gasteiger partial charge is 0.457 e. The molecule has 2 rings (SSSR count). The molecule has 0 unspecified atom stereocenters. The van der Waals surface area contributed by atoms with Crippen LogP contribution in [0.15, 0.2) is 29.2 Å². The van der Waals surface area contributed by atoms with E-state index in [1.54, 1.807) is 37.3 Å². The average molecular weight is 323 g/mol. The number of carbonyl (C=O) groups is 2. The molecule has 1 aromatic carbocycles. The van der Waals surface area contributed by atoms with Crippen molar-refractivity contribution in [1.29, 1.82) is 0 Å². The molecular weight excluding hydrogens is 310 g/mol. The Bertz CT molecular complexity index is 595. The van der Waals surface area contributed by atoms with Crippen molar-refractivity contribution in [3.05, 3.63) is 34.7 Å². The number of hydrogen-bond acceptors (Lipinski definition) is 6. The van der Waals surface area contributed by atoms with Gasteiger partial charge < -0.3 is 14.8 Å². The minimum Gasteiger partial charge on any atom is -0.457 e. The third kappa shape index (κ3) is 4.57. The molecule has 1 aliphatic rings. The monoisotopic (exact) mass is 323 g/mol. The molecule has 1 N–H and O–H groups in total. The van der Waals surface area contributed by atoms with Crippen molar-refractivity contribution in [2.45, 2.75) is 13.3 Å². The van der Waals surface area contributed by atoms with Gasteiger partial charge in [-0.25, -0.2) is 0 Å². The van der Waals surface area contributed by atoms with Gasteiger partial charge in [-0.1, -0.05) is 43.0 Å². The first-order chi connectivity index (χ1) is 10.1. The van der Waals surface area contributed by atoms with Crippen molar-refractivity contribution in [3.63, 3.8) is 0 Å². The molecule has 0 atom stereocenters. The zero-order chi connectivity index (χ0) is 15.2. The molecule has 7 heteroatoms. The first kappa shape index (κ1) is 15.5. The number of rotatable bonds is 5. The summed E-state index contributed by atoms with van der Waals surface area (Å²) in [5, 5.41) is 2.56. The van der Waals surface area contributed by atoms with E-state index in [0.29, 0.717) is 21.4 Å². The van der Waals surface area contributed by atoms with Gasteiger partial charge in [0.25, 0.3) is 5.91 Å². The summed E-state index contributed by atoms with van der Waals surface area (Å²) in [6.45, 7) is 1.60. The van der Waals surface area contributed by atoms with Crippen LogP contribution in [-0.2, 0) is 14.3 Å². The standard InChI is InChI=1S/C14H13NO4S2/c1-2-12(16)19-8-18-10-5-3-9(4-6-10)7-11-13(17)15-14(20)21-11/h3-7H,2,8H2,1H3,(H,15,17,20)/b11-7-. The summed E-state index contributed by atoms with van der Waals surface area (Å²) in [6.07, 6.45) is 2.07. The molecule has 1 aromatic rings. The van der Waals surface area contributed by atoms with Gasteiger partial charge in [-0.05, 0) is 23.8 Å². The van der Waals surface area contributed by atoms with Crippen molar-refractivity contribution in [3.8, 4) is 5.75 Å². The lowest BCUT2D eigenvalue weighted by atomic mass is 10.2. The van der Waals surface area contributed by atoms with Crippen LogP contribution in [0, 0.1) is 0 Å². The fraction of sp³-hybridized carbons (Fsp3) is 0.214. The van der Waals surface area contributed by atoms with Gasteiger partial charge in [-0.3, -0.25) is 9.59 Å². The lowest BCUT2D eigenvalue weighted by Crippen LogP contribution is -2.17. The highest BCUT2D eigenvalue weighted by Gasteiger charge is 2.21. The molecule has 0 spiro atoms. The fourth-order valence-electron chi connectivity index (χ4n) is 1.50. The highest BCUT2D eigenvalue weighted by atomic mass is 32.2. The molecule has 1 aliphatic heterocycles. The third-order valence-corrected chi connectivity index (χ3v) is 3.72. The van der Waals surface area contributed by atoms with E-state index in [9.17, 15) is 9.59 Å². The van der Waals surface area contributed by atoms with Crippen LogP contribution >= 0.6 is 24.0 Å². The van der Waals surface area contributed by atoms with Crippen LogP contribution in [0.4, 0.5) is 0 Å². The van der Waals surface area contributed by atoms with Crippen LogP contribution in [0.1, 0.15) is 18.9 Å². The van der Waals surface area contributed by atoms with Crippen molar-refractivity contribution < 1.29 is 19.1 Å². The Morgan fingerprint density at radius 3 is 2.67 bits per heavy atom. The summed E-state index contributed by atoms with van der Waals surface area (Å²) in [5.74, 6) is 0.0912. The molecule has 1 saturated heterocycles. The molecule has 0 radical (unpaired) electrons. The maximum atomic E-state index is 11.5. The van der Waals surface area contributed by atoms with Crippen LogP contribution < -0.4 is 10.1 Å². The predicted molar refractivity (Wildman–Crippen MR) is 84.6 cm³/mol. The Labute approximate surface area is 131 Å². The SMILES string of the molecule is CCC(=O)OCOc1ccc(/C=C2\SC(=S)NC2=O)cc1. The minimum absolute atomic E-state index is 0.111. The van der Waals surface area contributed by atoms with Crippen LogP contribution in [-0.4, -0.2) is 23.0 Å². The number of thiocarbonyl (C=S) groups is 1. The number of carbonyl (C=O) groups excluding carboxylic acids is 2. The normalized spacial score (nSPS) is 16.0. The molecule has 5 nitrogen and oxygen atoms in total. The highest BCUT2D eigenvalue weighted by Crippen LogP contribution is 2.26. The maximum Gasteiger partial charge on any atom is 0.308 e. The summed E-state index contributed by atoms with van der Waals surface area (Å²) in [6, 6.07) is 7.09. The lowest BCUT2D eigenvalue weighted by molar-refractivity contribution is -0.149. The Balaban J connectivity index is 1.93. The van der Waals surface area contributed by atoms with E-state index in [0.717, 1.165) is 5.56 Å². The highest BCUT2D eigenvalue weighted by molar-refractivity contribution is 8.26. The zero-order valence-electron chi connectivity index (χ0n) is 11.3. The Morgan fingerprint density at radius 2 is 2.10 bits per heavy atom. The smallest absolute Gasteiger partial charge is 0.308 e. The molecular formula is C14H13NO4S2. The second-order valence-corrected chi connectivity index (χ2v) is 5.77. The second-order valence-electron chi connectivity index (χ2n) is 4.05. The Hall–Kier alpha value is -1.86. The van der Waals surface area contributed by atoms with Gasteiger partial charge in [-0.2, -0.15) is 0 Å². The number of nitrogens with one attached hydrogen (secondary N) is 1. The van der Waals surface area contributed by atoms with E-state index in [2.05, 4.69) is 5.32 Å². The zero-order valence-corrected chi connectivity index (χ0v) is 12.9. The lowest BCUT2D eigenvalue weighted by Gasteiger charge is -2.06. The number of benzene rings is 1. The molecule has 0 aromatic heterocycles. The van der Waals surface area contributed by atoms with Crippen molar-refractivity contribution >= 4 is 46.3 Å². The van der Waals surface area contributed by atoms with Gasteiger partial charge in [0, 0.05) is 6.42 Å². The molecule has 0 saturated carbocycles. The summed E-state index contributed by atoms with van der Waals surface area (Å²) >= 11 is 6.15. The molecule has 0 aliphatic carbocycles. The van der Waals surface area contributed by atoms with Crippen LogP contribution in [0.3, 0.4) is 0 Å². The van der Waals surface area contributed by atoms with Gasteiger partial charge in [0.15, 0.2) is 0 Å².